The molecule has 0 radical (unpaired) electrons. The average Bonchev–Trinajstić information content (AvgIpc) is 3.49. The van der Waals surface area contributed by atoms with Crippen LogP contribution in [0.15, 0.2) is 0 Å². The molecule has 3 N–H and O–H groups in total. The Kier molecular flexibility index (Phi) is 63.4. The van der Waals surface area contributed by atoms with E-state index >= 15 is 0 Å². The molecule has 0 heterocycles. The number of aliphatic hydroxyl groups excluding tert-OH is 1. The molecule has 0 fully saturated rings. The Bertz CT molecular complexity index is 1820. The van der Waals surface area contributed by atoms with Gasteiger partial charge in [0.25, 0.3) is 0 Å². The first kappa shape index (κ1) is 91.1. The highest BCUT2D eigenvalue weighted by atomic mass is 31.2. The third kappa shape index (κ3) is 67.0. The first-order valence-corrected chi connectivity index (χ1v) is 41.4. The third-order valence-corrected chi connectivity index (χ3v) is 19.4. The van der Waals surface area contributed by atoms with E-state index in [1.54, 1.807) is 0 Å². The van der Waals surface area contributed by atoms with Crippen molar-refractivity contribution in [3.8, 4) is 0 Å². The molecule has 0 rings (SSSR count). The minimum atomic E-state index is -4.96. The van der Waals surface area contributed by atoms with Crippen LogP contribution in [0.2, 0.25) is 0 Å². The van der Waals surface area contributed by atoms with Crippen molar-refractivity contribution < 1.29 is 80.2 Å². The monoisotopic (exact) mass is 1370 g/mol. The van der Waals surface area contributed by atoms with Gasteiger partial charge in [0.1, 0.15) is 19.3 Å². The fourth-order valence-corrected chi connectivity index (χ4v) is 12.8. The van der Waals surface area contributed by atoms with E-state index < -0.39 is 97.5 Å². The van der Waals surface area contributed by atoms with Crippen molar-refractivity contribution in [1.82, 2.24) is 0 Å². The number of aliphatic hydroxyl groups is 1. The zero-order chi connectivity index (χ0) is 68.7. The average molecular weight is 1370 g/mol. The molecule has 0 aromatic rings. The summed E-state index contributed by atoms with van der Waals surface area (Å²) >= 11 is 0. The van der Waals surface area contributed by atoms with E-state index in [-0.39, 0.29) is 25.7 Å². The summed E-state index contributed by atoms with van der Waals surface area (Å²) in [5.41, 5.74) is 0. The Hall–Kier alpha value is -1.94. The lowest BCUT2D eigenvalue weighted by Crippen LogP contribution is -2.30. The summed E-state index contributed by atoms with van der Waals surface area (Å²) in [5, 5.41) is 10.6. The molecule has 3 unspecified atom stereocenters. The summed E-state index contributed by atoms with van der Waals surface area (Å²) < 4.78 is 68.4. The van der Waals surface area contributed by atoms with Gasteiger partial charge in [-0.1, -0.05) is 325 Å². The predicted molar refractivity (Wildman–Crippen MR) is 377 cm³/mol. The predicted octanol–water partition coefficient (Wildman–Crippen LogP) is 21.4. The number of phosphoric acid groups is 2. The van der Waals surface area contributed by atoms with Crippen LogP contribution in [0.4, 0.5) is 0 Å². The number of esters is 4. The molecule has 0 saturated carbocycles. The fraction of sp³-hybridized carbons (Fsp3) is 0.946. The molecule has 19 heteroatoms. The number of hydrogen-bond donors (Lipinski definition) is 3. The summed E-state index contributed by atoms with van der Waals surface area (Å²) in [6.07, 6.45) is 50.0. The highest BCUT2D eigenvalue weighted by Crippen LogP contribution is 2.45. The molecule has 93 heavy (non-hydrogen) atoms. The summed E-state index contributed by atoms with van der Waals surface area (Å²) in [6.45, 7) is 11.8. The van der Waals surface area contributed by atoms with Crippen LogP contribution >= 0.6 is 15.6 Å². The van der Waals surface area contributed by atoms with Gasteiger partial charge in [0.2, 0.25) is 0 Å². The van der Waals surface area contributed by atoms with E-state index in [2.05, 4.69) is 48.5 Å². The van der Waals surface area contributed by atoms with E-state index in [0.29, 0.717) is 31.6 Å². The maximum absolute atomic E-state index is 13.1. The Morgan fingerprint density at radius 1 is 0.312 bits per heavy atom. The molecular weight excluding hydrogens is 1220 g/mol. The lowest BCUT2D eigenvalue weighted by Gasteiger charge is -2.21. The van der Waals surface area contributed by atoms with Crippen molar-refractivity contribution in [3.63, 3.8) is 0 Å². The van der Waals surface area contributed by atoms with Crippen molar-refractivity contribution >= 4 is 39.5 Å². The van der Waals surface area contributed by atoms with Gasteiger partial charge in [-0.15, -0.1) is 0 Å². The first-order chi connectivity index (χ1) is 44.8. The number of rotatable bonds is 72. The lowest BCUT2D eigenvalue weighted by molar-refractivity contribution is -0.161. The summed E-state index contributed by atoms with van der Waals surface area (Å²) in [7, 11) is -9.91. The van der Waals surface area contributed by atoms with Gasteiger partial charge in [0.15, 0.2) is 12.2 Å². The second-order valence-electron chi connectivity index (χ2n) is 27.9. The molecular formula is C74H144O17P2. The third-order valence-electron chi connectivity index (χ3n) is 17.5. The topological polar surface area (TPSA) is 237 Å². The molecule has 6 atom stereocenters. The van der Waals surface area contributed by atoms with Gasteiger partial charge in [0.05, 0.1) is 26.4 Å². The maximum Gasteiger partial charge on any atom is 0.472 e. The van der Waals surface area contributed by atoms with Gasteiger partial charge in [-0.2, -0.15) is 0 Å². The smallest absolute Gasteiger partial charge is 0.462 e. The number of ether oxygens (including phenoxy) is 4. The second kappa shape index (κ2) is 64.7. The summed E-state index contributed by atoms with van der Waals surface area (Å²) in [6, 6.07) is 0. The number of carbonyl (C=O) groups is 4. The van der Waals surface area contributed by atoms with Crippen LogP contribution in [0, 0.1) is 17.8 Å². The number of carbonyl (C=O) groups excluding carboxylic acids is 4. The van der Waals surface area contributed by atoms with E-state index in [9.17, 15) is 43.2 Å². The Morgan fingerprint density at radius 2 is 0.548 bits per heavy atom. The van der Waals surface area contributed by atoms with Crippen LogP contribution in [0.1, 0.15) is 376 Å². The highest BCUT2D eigenvalue weighted by Gasteiger charge is 2.30. The molecule has 0 saturated heterocycles. The molecule has 0 aliphatic heterocycles. The lowest BCUT2D eigenvalue weighted by atomic mass is 9.99. The van der Waals surface area contributed by atoms with Crippen molar-refractivity contribution in [2.24, 2.45) is 17.8 Å². The SMILES string of the molecule is CCCCCCCCCCCCCCCCCCC(=O)O[C@H](COC(=O)CCCCCCCCCCCCCC(C)C)COP(=O)(O)OC[C@@H](O)COP(=O)(O)OC[C@@H](COC(=O)CCCCCCCCC(C)C)OC(=O)CCCCCCCCCCCCC(C)CC. The molecule has 0 spiro atoms. The van der Waals surface area contributed by atoms with Crippen molar-refractivity contribution in [3.05, 3.63) is 0 Å². The van der Waals surface area contributed by atoms with Crippen LogP contribution in [0.25, 0.3) is 0 Å². The largest absolute Gasteiger partial charge is 0.472 e. The molecule has 0 aromatic carbocycles. The molecule has 0 aliphatic carbocycles. The maximum atomic E-state index is 13.1. The minimum absolute atomic E-state index is 0.105. The Labute approximate surface area is 568 Å². The van der Waals surface area contributed by atoms with Crippen LogP contribution < -0.4 is 0 Å². The highest BCUT2D eigenvalue weighted by molar-refractivity contribution is 7.47. The number of phosphoric ester groups is 2. The van der Waals surface area contributed by atoms with E-state index in [1.165, 1.54) is 180 Å². The van der Waals surface area contributed by atoms with Crippen LogP contribution in [-0.2, 0) is 65.4 Å². The van der Waals surface area contributed by atoms with Crippen LogP contribution in [-0.4, -0.2) is 96.7 Å². The molecule has 17 nitrogen and oxygen atoms in total. The van der Waals surface area contributed by atoms with E-state index in [1.807, 2.05) is 0 Å². The fourth-order valence-electron chi connectivity index (χ4n) is 11.2. The zero-order valence-corrected chi connectivity index (χ0v) is 62.5. The standard InChI is InChI=1S/C74H144O17P2/c1-8-10-11-12-13-14-15-16-17-18-19-22-29-34-43-50-57-73(78)90-69(61-84-71(76)55-48-41-33-28-23-20-21-26-31-38-45-52-65(3)4)63-88-92(80,81)86-59-68(75)60-87-93(82,83)89-64-70(62-85-72(77)56-49-42-37-36-39-46-53-66(5)6)91-74(79)58-51-44-35-30-25-24-27-32-40-47-54-67(7)9-2/h65-70,75H,8-64H2,1-7H3,(H,80,81)(H,82,83)/t67?,68-,69-,70-/m1/s1. The number of hydrogen-bond acceptors (Lipinski definition) is 15. The van der Waals surface area contributed by atoms with E-state index in [4.69, 9.17) is 37.0 Å². The zero-order valence-electron chi connectivity index (χ0n) is 60.7. The van der Waals surface area contributed by atoms with Gasteiger partial charge in [-0.25, -0.2) is 9.13 Å². The summed E-state index contributed by atoms with van der Waals surface area (Å²) in [5.74, 6) is 0.132. The number of unbranched alkanes of at least 4 members (excludes halogenated alkanes) is 39. The normalized spacial score (nSPS) is 14.4. The Morgan fingerprint density at radius 3 is 0.817 bits per heavy atom. The molecule has 552 valence electrons. The van der Waals surface area contributed by atoms with Gasteiger partial charge in [0, 0.05) is 25.7 Å². The minimum Gasteiger partial charge on any atom is -0.462 e. The second-order valence-corrected chi connectivity index (χ2v) is 30.8. The first-order valence-electron chi connectivity index (χ1n) is 38.4. The van der Waals surface area contributed by atoms with Crippen molar-refractivity contribution in [2.45, 2.75) is 394 Å². The van der Waals surface area contributed by atoms with Gasteiger partial charge in [-0.3, -0.25) is 37.3 Å². The quantitative estimate of drug-likeness (QED) is 0.0222. The van der Waals surface area contributed by atoms with Crippen molar-refractivity contribution in [1.29, 1.82) is 0 Å². The van der Waals surface area contributed by atoms with Gasteiger partial charge in [-0.05, 0) is 43.4 Å². The van der Waals surface area contributed by atoms with E-state index in [0.717, 1.165) is 108 Å². The van der Waals surface area contributed by atoms with Gasteiger partial charge < -0.3 is 33.8 Å². The molecule has 0 amide bonds. The molecule has 0 aliphatic rings. The Balaban J connectivity index is 5.25. The molecule has 0 aromatic heterocycles. The summed E-state index contributed by atoms with van der Waals surface area (Å²) in [4.78, 5) is 72.7. The molecule has 0 bridgehead atoms. The van der Waals surface area contributed by atoms with Gasteiger partial charge >= 0.3 is 39.5 Å². The van der Waals surface area contributed by atoms with Crippen molar-refractivity contribution in [2.75, 3.05) is 39.6 Å². The van der Waals surface area contributed by atoms with Crippen LogP contribution in [0.3, 0.4) is 0 Å². The van der Waals surface area contributed by atoms with Crippen LogP contribution in [0.5, 0.6) is 0 Å².